The molecule has 0 spiro atoms. The highest BCUT2D eigenvalue weighted by atomic mass is 32.1. The number of thiophene rings is 1. The number of ether oxygens (including phenoxy) is 1. The highest BCUT2D eigenvalue weighted by Crippen LogP contribution is 2.40. The zero-order valence-corrected chi connectivity index (χ0v) is 8.77. The van der Waals surface area contributed by atoms with Crippen molar-refractivity contribution in [2.75, 3.05) is 11.9 Å². The van der Waals surface area contributed by atoms with Gasteiger partial charge in [-0.15, -0.1) is 0 Å². The monoisotopic (exact) mass is 213 g/mol. The van der Waals surface area contributed by atoms with Crippen molar-refractivity contribution in [2.24, 2.45) is 0 Å². The molecule has 1 aliphatic rings. The third-order valence-corrected chi connectivity index (χ3v) is 2.98. The topological polar surface area (TPSA) is 58.6 Å². The fraction of sp³-hybridized carbons (Fsp3) is 0.444. The summed E-state index contributed by atoms with van der Waals surface area (Å²) in [7, 11) is 0. The average Bonchev–Trinajstić information content (AvgIpc) is 2.45. The molecular weight excluding hydrogens is 202 g/mol. The zero-order valence-electron chi connectivity index (χ0n) is 7.96. The van der Waals surface area contributed by atoms with E-state index in [4.69, 9.17) is 9.84 Å². The van der Waals surface area contributed by atoms with Gasteiger partial charge in [0.15, 0.2) is 5.06 Å². The summed E-state index contributed by atoms with van der Waals surface area (Å²) in [6.45, 7) is 4.57. The molecular formula is C9H11NO3S. The quantitative estimate of drug-likeness (QED) is 0.749. The summed E-state index contributed by atoms with van der Waals surface area (Å²) in [5.74, 6) is -0.910. The van der Waals surface area contributed by atoms with E-state index in [1.807, 2.05) is 13.8 Å². The van der Waals surface area contributed by atoms with E-state index < -0.39 is 5.97 Å². The van der Waals surface area contributed by atoms with E-state index in [-0.39, 0.29) is 5.54 Å². The normalized spacial score (nSPS) is 17.9. The average molecular weight is 213 g/mol. The molecule has 0 aliphatic carbocycles. The van der Waals surface area contributed by atoms with Gasteiger partial charge < -0.3 is 15.2 Å². The molecule has 0 saturated carbocycles. The Morgan fingerprint density at radius 2 is 2.43 bits per heavy atom. The van der Waals surface area contributed by atoms with Crippen molar-refractivity contribution >= 4 is 23.0 Å². The Morgan fingerprint density at radius 3 is 3.07 bits per heavy atom. The Labute approximate surface area is 85.5 Å². The molecule has 76 valence electrons. The number of rotatable bonds is 1. The van der Waals surface area contributed by atoms with Crippen LogP contribution in [-0.4, -0.2) is 23.2 Å². The van der Waals surface area contributed by atoms with Crippen molar-refractivity contribution in [1.29, 1.82) is 0 Å². The first kappa shape index (κ1) is 9.33. The summed E-state index contributed by atoms with van der Waals surface area (Å²) in [5, 5.41) is 12.7. The van der Waals surface area contributed by atoms with E-state index in [1.54, 1.807) is 6.07 Å². The van der Waals surface area contributed by atoms with Crippen LogP contribution in [0.3, 0.4) is 0 Å². The van der Waals surface area contributed by atoms with Crippen molar-refractivity contribution in [3.8, 4) is 5.06 Å². The smallest absolute Gasteiger partial charge is 0.346 e. The second-order valence-corrected chi connectivity index (χ2v) is 4.93. The number of hydrogen-bond acceptors (Lipinski definition) is 4. The van der Waals surface area contributed by atoms with Gasteiger partial charge in [0.05, 0.1) is 11.2 Å². The molecule has 2 rings (SSSR count). The molecule has 1 aliphatic heterocycles. The number of anilines is 1. The van der Waals surface area contributed by atoms with Crippen LogP contribution in [0.1, 0.15) is 23.5 Å². The molecule has 1 aromatic rings. The summed E-state index contributed by atoms with van der Waals surface area (Å²) < 4.78 is 5.46. The lowest BCUT2D eigenvalue weighted by Gasteiger charge is -2.31. The maximum Gasteiger partial charge on any atom is 0.346 e. The molecule has 0 unspecified atom stereocenters. The number of nitrogens with one attached hydrogen (secondary N) is 1. The minimum absolute atomic E-state index is 0.135. The molecule has 0 fully saturated rings. The summed E-state index contributed by atoms with van der Waals surface area (Å²) in [6, 6.07) is 1.61. The second-order valence-electron chi connectivity index (χ2n) is 3.91. The first-order valence-corrected chi connectivity index (χ1v) is 5.08. The van der Waals surface area contributed by atoms with E-state index in [9.17, 15) is 4.79 Å². The van der Waals surface area contributed by atoms with Gasteiger partial charge in [-0.25, -0.2) is 4.79 Å². The number of fused-ring (bicyclic) bond motifs is 1. The Morgan fingerprint density at radius 1 is 1.71 bits per heavy atom. The molecule has 2 N–H and O–H groups in total. The lowest BCUT2D eigenvalue weighted by atomic mass is 10.1. The van der Waals surface area contributed by atoms with Crippen molar-refractivity contribution in [2.45, 2.75) is 19.4 Å². The van der Waals surface area contributed by atoms with Crippen molar-refractivity contribution in [3.05, 3.63) is 10.9 Å². The predicted molar refractivity (Wildman–Crippen MR) is 54.5 cm³/mol. The minimum atomic E-state index is -0.910. The molecule has 0 amide bonds. The van der Waals surface area contributed by atoms with E-state index >= 15 is 0 Å². The van der Waals surface area contributed by atoms with Gasteiger partial charge in [0.25, 0.3) is 0 Å². The van der Waals surface area contributed by atoms with Gasteiger partial charge in [0.1, 0.15) is 11.5 Å². The number of hydrogen-bond donors (Lipinski definition) is 2. The summed E-state index contributed by atoms with van der Waals surface area (Å²) in [6.07, 6.45) is 0. The van der Waals surface area contributed by atoms with Crippen LogP contribution >= 0.6 is 11.3 Å². The molecule has 0 atom stereocenters. The minimum Gasteiger partial charge on any atom is -0.480 e. The van der Waals surface area contributed by atoms with Gasteiger partial charge in [0, 0.05) is 0 Å². The Kier molecular flexibility index (Phi) is 1.92. The summed E-state index contributed by atoms with van der Waals surface area (Å²) in [4.78, 5) is 11.0. The lowest BCUT2D eigenvalue weighted by Crippen LogP contribution is -2.40. The Bertz CT molecular complexity index is 383. The predicted octanol–water partition coefficient (Wildman–Crippen LogP) is 2.03. The number of carbonyl (C=O) groups is 1. The standard InChI is InChI=1S/C9H11NO3S/c1-9(2)4-13-8-5(10-9)3-6(14-8)7(11)12/h3,10H,4H2,1-2H3,(H,11,12). The number of aromatic carboxylic acids is 1. The van der Waals surface area contributed by atoms with E-state index in [0.29, 0.717) is 16.5 Å². The second kappa shape index (κ2) is 2.88. The highest BCUT2D eigenvalue weighted by molar-refractivity contribution is 7.16. The third-order valence-electron chi connectivity index (χ3n) is 1.95. The van der Waals surface area contributed by atoms with Gasteiger partial charge in [0.2, 0.25) is 0 Å². The third kappa shape index (κ3) is 1.55. The molecule has 0 saturated heterocycles. The zero-order chi connectivity index (χ0) is 10.3. The maximum atomic E-state index is 10.7. The van der Waals surface area contributed by atoms with Crippen LogP contribution in [0.25, 0.3) is 0 Å². The molecule has 2 heterocycles. The summed E-state index contributed by atoms with van der Waals surface area (Å²) in [5.41, 5.74) is 0.646. The van der Waals surface area contributed by atoms with Gasteiger partial charge >= 0.3 is 5.97 Å². The van der Waals surface area contributed by atoms with Gasteiger partial charge in [-0.05, 0) is 19.9 Å². The first-order valence-electron chi connectivity index (χ1n) is 4.26. The van der Waals surface area contributed by atoms with Crippen molar-refractivity contribution in [3.63, 3.8) is 0 Å². The van der Waals surface area contributed by atoms with Crippen LogP contribution in [0, 0.1) is 0 Å². The lowest BCUT2D eigenvalue weighted by molar-refractivity contribution is 0.0702. The van der Waals surface area contributed by atoms with Gasteiger partial charge in [-0.2, -0.15) is 0 Å². The van der Waals surface area contributed by atoms with Crippen LogP contribution in [0.5, 0.6) is 5.06 Å². The van der Waals surface area contributed by atoms with Gasteiger partial charge in [-0.1, -0.05) is 11.3 Å². The van der Waals surface area contributed by atoms with Crippen LogP contribution in [0.4, 0.5) is 5.69 Å². The fourth-order valence-corrected chi connectivity index (χ4v) is 2.12. The Hall–Kier alpha value is -1.23. The maximum absolute atomic E-state index is 10.7. The molecule has 0 radical (unpaired) electrons. The van der Waals surface area contributed by atoms with Crippen LogP contribution in [0.15, 0.2) is 6.07 Å². The molecule has 14 heavy (non-hydrogen) atoms. The highest BCUT2D eigenvalue weighted by Gasteiger charge is 2.28. The van der Waals surface area contributed by atoms with E-state index in [1.165, 1.54) is 0 Å². The largest absolute Gasteiger partial charge is 0.480 e. The Balaban J connectivity index is 2.34. The molecule has 0 aromatic carbocycles. The van der Waals surface area contributed by atoms with Crippen molar-refractivity contribution < 1.29 is 14.6 Å². The van der Waals surface area contributed by atoms with E-state index in [2.05, 4.69) is 5.32 Å². The summed E-state index contributed by atoms with van der Waals surface area (Å²) >= 11 is 1.16. The number of carboxylic acid groups (broad SMARTS) is 1. The fourth-order valence-electron chi connectivity index (χ4n) is 1.32. The molecule has 1 aromatic heterocycles. The first-order chi connectivity index (χ1) is 6.48. The number of carboxylic acids is 1. The molecule has 4 nitrogen and oxygen atoms in total. The van der Waals surface area contributed by atoms with Crippen LogP contribution in [-0.2, 0) is 0 Å². The molecule has 0 bridgehead atoms. The molecule has 5 heteroatoms. The van der Waals surface area contributed by atoms with Crippen molar-refractivity contribution in [1.82, 2.24) is 0 Å². The SMILES string of the molecule is CC1(C)COc2sc(C(=O)O)cc2N1. The van der Waals surface area contributed by atoms with Crippen LogP contribution < -0.4 is 10.1 Å². The van der Waals surface area contributed by atoms with Gasteiger partial charge in [-0.3, -0.25) is 0 Å². The van der Waals surface area contributed by atoms with Crippen LogP contribution in [0.2, 0.25) is 0 Å². The van der Waals surface area contributed by atoms with E-state index in [0.717, 1.165) is 17.0 Å².